The van der Waals surface area contributed by atoms with E-state index in [0.29, 0.717) is 6.42 Å². The molecule has 1 rings (SSSR count). The number of furan rings is 1. The van der Waals surface area contributed by atoms with Gasteiger partial charge >= 0.3 is 19.8 Å². The first-order valence-electron chi connectivity index (χ1n) is 21.9. The number of hydrogen-bond acceptors (Lipinski definition) is 10. The van der Waals surface area contributed by atoms with Crippen LogP contribution in [0, 0.1) is 13.8 Å². The van der Waals surface area contributed by atoms with Crippen LogP contribution in [0.15, 0.2) is 77.3 Å². The lowest BCUT2D eigenvalue weighted by Gasteiger charge is -2.20. The second-order valence-electron chi connectivity index (χ2n) is 14.6. The van der Waals surface area contributed by atoms with Crippen molar-refractivity contribution in [2.45, 2.75) is 162 Å². The smallest absolute Gasteiger partial charge is 0.466 e. The minimum absolute atomic E-state index is 0.00612. The van der Waals surface area contributed by atoms with Gasteiger partial charge in [0.05, 0.1) is 19.3 Å². The number of allylic oxidation sites excluding steroid dienone is 11. The highest BCUT2D eigenvalue weighted by molar-refractivity contribution is 7.47. The van der Waals surface area contributed by atoms with Crippen molar-refractivity contribution in [1.29, 1.82) is 0 Å². The Morgan fingerprint density at radius 2 is 1.27 bits per heavy atom. The van der Waals surface area contributed by atoms with Crippen molar-refractivity contribution in [2.75, 3.05) is 26.4 Å². The molecule has 334 valence electrons. The Hall–Kier alpha value is -3.31. The number of esters is 2. The molecule has 0 aromatic carbocycles. The molecular formula is C47H76NO10P. The van der Waals surface area contributed by atoms with Gasteiger partial charge in [-0.1, -0.05) is 125 Å². The molecule has 0 aliphatic rings. The van der Waals surface area contributed by atoms with E-state index in [4.69, 9.17) is 28.7 Å². The topological polar surface area (TPSA) is 168 Å². The number of carbonyl (C=O) groups is 2. The van der Waals surface area contributed by atoms with Crippen molar-refractivity contribution in [3.05, 3.63) is 95.6 Å². The second kappa shape index (κ2) is 35.4. The Labute approximate surface area is 355 Å². The van der Waals surface area contributed by atoms with E-state index in [2.05, 4.69) is 76.3 Å². The molecule has 0 aliphatic carbocycles. The normalized spacial score (nSPS) is 14.5. The fraction of sp³-hybridized carbons (Fsp3) is 0.617. The third-order valence-corrected chi connectivity index (χ3v) is 10.4. The SMILES string of the molecule is CC/C=C\C/C=C\C/C=C\C/C=C\C/C=C\C=C/C(O)CCC(=O)O[C@H](COC(=O)CCCCCCCCc1oc(CCCCC)c(C)c1C)COP(=O)(O)OCCN. The van der Waals surface area contributed by atoms with Crippen molar-refractivity contribution in [3.8, 4) is 0 Å². The fourth-order valence-electron chi connectivity index (χ4n) is 5.86. The number of nitrogens with two attached hydrogens (primary N) is 1. The summed E-state index contributed by atoms with van der Waals surface area (Å²) in [6, 6.07) is 0. The van der Waals surface area contributed by atoms with Gasteiger partial charge in [-0.2, -0.15) is 0 Å². The Morgan fingerprint density at radius 3 is 1.86 bits per heavy atom. The summed E-state index contributed by atoms with van der Waals surface area (Å²) in [6.07, 6.45) is 38.2. The van der Waals surface area contributed by atoms with Crippen LogP contribution in [0.3, 0.4) is 0 Å². The average Bonchev–Trinajstić information content (AvgIpc) is 3.48. The summed E-state index contributed by atoms with van der Waals surface area (Å²) in [6.45, 7) is 7.54. The summed E-state index contributed by atoms with van der Waals surface area (Å²) in [4.78, 5) is 35.0. The van der Waals surface area contributed by atoms with E-state index in [-0.39, 0.29) is 39.0 Å². The van der Waals surface area contributed by atoms with Crippen molar-refractivity contribution in [3.63, 3.8) is 0 Å². The summed E-state index contributed by atoms with van der Waals surface area (Å²) in [5, 5.41) is 10.3. The first kappa shape index (κ1) is 53.7. The molecule has 0 bridgehead atoms. The maximum atomic E-state index is 12.6. The Kier molecular flexibility index (Phi) is 32.3. The summed E-state index contributed by atoms with van der Waals surface area (Å²) < 4.78 is 38.8. The molecule has 0 fully saturated rings. The number of aryl methyl sites for hydroxylation is 2. The second-order valence-corrected chi connectivity index (χ2v) is 16.1. The Bertz CT molecular complexity index is 1490. The standard InChI is InChI=1S/C47H76NO10P/c1-5-7-9-10-11-12-13-14-15-16-17-18-19-20-23-27-30-42(49)34-35-47(51)57-43(39-56-59(52,53)55-37-36-48)38-54-46(50)33-29-25-22-21-24-28-32-45-41(4)40(3)44(58-45)31-26-8-6-2/h7,9,11-12,14-15,17-18,20,23,27,30,42-43,49H,5-6,8,10,13,16,19,21-22,24-26,28-29,31-39,48H2,1-4H3,(H,52,53)/b9-7-,12-11-,15-14-,18-17-,23-20-,30-27-/t42?,43-/m1/s1. The van der Waals surface area contributed by atoms with Gasteiger partial charge in [-0.05, 0) is 82.8 Å². The van der Waals surface area contributed by atoms with Crippen LogP contribution in [0.5, 0.6) is 0 Å². The highest BCUT2D eigenvalue weighted by atomic mass is 31.2. The molecular weight excluding hydrogens is 769 g/mol. The maximum Gasteiger partial charge on any atom is 0.472 e. The van der Waals surface area contributed by atoms with Crippen LogP contribution in [-0.2, 0) is 45.5 Å². The number of aliphatic hydroxyl groups excluding tert-OH is 1. The van der Waals surface area contributed by atoms with Gasteiger partial charge in [-0.3, -0.25) is 18.6 Å². The van der Waals surface area contributed by atoms with Gasteiger partial charge in [0.2, 0.25) is 0 Å². The van der Waals surface area contributed by atoms with Gasteiger partial charge in [-0.25, -0.2) is 4.57 Å². The van der Waals surface area contributed by atoms with E-state index in [9.17, 15) is 24.2 Å². The molecule has 0 saturated carbocycles. The number of phosphoric acid groups is 1. The lowest BCUT2D eigenvalue weighted by molar-refractivity contribution is -0.161. The van der Waals surface area contributed by atoms with Crippen molar-refractivity contribution < 1.29 is 47.1 Å². The molecule has 0 radical (unpaired) electrons. The number of unbranched alkanes of at least 4 members (excludes halogenated alkanes) is 7. The van der Waals surface area contributed by atoms with Gasteiger partial charge in [0.15, 0.2) is 6.10 Å². The lowest BCUT2D eigenvalue weighted by atomic mass is 10.0. The molecule has 4 N–H and O–H groups in total. The Balaban J connectivity index is 2.39. The van der Waals surface area contributed by atoms with Crippen LogP contribution >= 0.6 is 7.82 Å². The van der Waals surface area contributed by atoms with Crippen LogP contribution in [0.4, 0.5) is 0 Å². The third kappa shape index (κ3) is 29.5. The van der Waals surface area contributed by atoms with Crippen molar-refractivity contribution >= 4 is 19.8 Å². The van der Waals surface area contributed by atoms with E-state index in [1.165, 1.54) is 24.0 Å². The van der Waals surface area contributed by atoms with Crippen molar-refractivity contribution in [1.82, 2.24) is 0 Å². The number of hydrogen-bond donors (Lipinski definition) is 3. The van der Waals surface area contributed by atoms with E-state index < -0.39 is 38.6 Å². The third-order valence-electron chi connectivity index (χ3n) is 9.43. The highest BCUT2D eigenvalue weighted by Gasteiger charge is 2.26. The van der Waals surface area contributed by atoms with Gasteiger partial charge in [0.25, 0.3) is 0 Å². The monoisotopic (exact) mass is 846 g/mol. The molecule has 3 atom stereocenters. The van der Waals surface area contributed by atoms with Gasteiger partial charge in [0.1, 0.15) is 18.1 Å². The van der Waals surface area contributed by atoms with Crippen LogP contribution in [0.2, 0.25) is 0 Å². The molecule has 0 amide bonds. The predicted octanol–water partition coefficient (Wildman–Crippen LogP) is 10.9. The number of rotatable bonds is 36. The van der Waals surface area contributed by atoms with E-state index in [1.807, 2.05) is 12.2 Å². The van der Waals surface area contributed by atoms with E-state index in [0.717, 1.165) is 95.0 Å². The highest BCUT2D eigenvalue weighted by Crippen LogP contribution is 2.43. The first-order valence-corrected chi connectivity index (χ1v) is 23.4. The molecule has 0 spiro atoms. The Morgan fingerprint density at radius 1 is 0.712 bits per heavy atom. The van der Waals surface area contributed by atoms with Crippen LogP contribution < -0.4 is 5.73 Å². The molecule has 12 heteroatoms. The summed E-state index contributed by atoms with van der Waals surface area (Å²) in [5.74, 6) is 1.10. The minimum Gasteiger partial charge on any atom is -0.466 e. The zero-order chi connectivity index (χ0) is 43.4. The van der Waals surface area contributed by atoms with E-state index >= 15 is 0 Å². The van der Waals surface area contributed by atoms with Crippen LogP contribution in [0.25, 0.3) is 0 Å². The number of ether oxygens (including phenoxy) is 2. The van der Waals surface area contributed by atoms with Crippen LogP contribution in [-0.4, -0.2) is 60.5 Å². The quantitative estimate of drug-likeness (QED) is 0.0193. The first-order chi connectivity index (χ1) is 28.5. The fourth-order valence-corrected chi connectivity index (χ4v) is 6.63. The molecule has 1 aromatic rings. The molecule has 0 saturated heterocycles. The van der Waals surface area contributed by atoms with Gasteiger partial charge in [0, 0.05) is 32.2 Å². The zero-order valence-electron chi connectivity index (χ0n) is 36.5. The number of phosphoric ester groups is 1. The number of aliphatic hydroxyl groups is 1. The minimum atomic E-state index is -4.47. The molecule has 2 unspecified atom stereocenters. The lowest BCUT2D eigenvalue weighted by Crippen LogP contribution is -2.30. The maximum absolute atomic E-state index is 12.6. The zero-order valence-corrected chi connectivity index (χ0v) is 37.4. The molecule has 59 heavy (non-hydrogen) atoms. The molecule has 0 aliphatic heterocycles. The van der Waals surface area contributed by atoms with Crippen LogP contribution in [0.1, 0.15) is 146 Å². The molecule has 1 heterocycles. The number of carbonyl (C=O) groups excluding carboxylic acids is 2. The largest absolute Gasteiger partial charge is 0.472 e. The van der Waals surface area contributed by atoms with Crippen molar-refractivity contribution in [2.24, 2.45) is 5.73 Å². The average molecular weight is 846 g/mol. The van der Waals surface area contributed by atoms with E-state index in [1.54, 1.807) is 12.2 Å². The summed E-state index contributed by atoms with van der Waals surface area (Å²) in [5.41, 5.74) is 7.91. The van der Waals surface area contributed by atoms with Gasteiger partial charge < -0.3 is 29.6 Å². The summed E-state index contributed by atoms with van der Waals surface area (Å²) >= 11 is 0. The van der Waals surface area contributed by atoms with Gasteiger partial charge in [-0.15, -0.1) is 0 Å². The molecule has 11 nitrogen and oxygen atoms in total. The molecule has 1 aromatic heterocycles. The predicted molar refractivity (Wildman–Crippen MR) is 238 cm³/mol. The summed E-state index contributed by atoms with van der Waals surface area (Å²) in [7, 11) is -4.47.